The molecule has 2 aliphatic rings. The predicted molar refractivity (Wildman–Crippen MR) is 119 cm³/mol. The van der Waals surface area contributed by atoms with Crippen LogP contribution in [0.25, 0.3) is 5.76 Å². The van der Waals surface area contributed by atoms with Gasteiger partial charge >= 0.3 is 0 Å². The molecule has 0 radical (unpaired) electrons. The molecule has 8 heteroatoms. The third kappa shape index (κ3) is 3.36. The van der Waals surface area contributed by atoms with E-state index in [2.05, 4.69) is 4.98 Å². The molecule has 1 unspecified atom stereocenters. The number of hydrogen-bond acceptors (Lipinski definition) is 7. The van der Waals surface area contributed by atoms with Crippen molar-refractivity contribution in [3.8, 4) is 17.2 Å². The minimum atomic E-state index is -0.922. The van der Waals surface area contributed by atoms with Crippen molar-refractivity contribution in [1.82, 2.24) is 4.98 Å². The number of carbonyl (C=O) groups is 2. The molecule has 1 aromatic heterocycles. The number of ether oxygens (including phenoxy) is 3. The summed E-state index contributed by atoms with van der Waals surface area (Å²) in [7, 11) is 1.56. The minimum Gasteiger partial charge on any atom is -0.507 e. The maximum absolute atomic E-state index is 13.2. The summed E-state index contributed by atoms with van der Waals surface area (Å²) in [6.07, 6.45) is 1.58. The van der Waals surface area contributed by atoms with Crippen LogP contribution in [0.5, 0.6) is 17.2 Å². The quantitative estimate of drug-likeness (QED) is 0.372. The van der Waals surface area contributed by atoms with E-state index in [9.17, 15) is 14.7 Å². The van der Waals surface area contributed by atoms with Crippen LogP contribution in [0.1, 0.15) is 22.9 Å². The van der Waals surface area contributed by atoms with Crippen molar-refractivity contribution in [1.29, 1.82) is 0 Å². The fraction of sp³-hybridized carbons (Fsp3) is 0.160. The summed E-state index contributed by atoms with van der Waals surface area (Å²) in [5, 5.41) is 11.2. The molecule has 2 aliphatic heterocycles. The summed E-state index contributed by atoms with van der Waals surface area (Å²) in [6.45, 7) is 1.91. The van der Waals surface area contributed by atoms with E-state index in [1.165, 1.54) is 4.90 Å². The summed E-state index contributed by atoms with van der Waals surface area (Å²) in [4.78, 5) is 32.1. The van der Waals surface area contributed by atoms with Crippen LogP contribution < -0.4 is 19.1 Å². The third-order valence-electron chi connectivity index (χ3n) is 5.71. The van der Waals surface area contributed by atoms with E-state index in [1.54, 1.807) is 67.9 Å². The van der Waals surface area contributed by atoms with Gasteiger partial charge in [-0.1, -0.05) is 6.07 Å². The highest BCUT2D eigenvalue weighted by Gasteiger charge is 2.48. The van der Waals surface area contributed by atoms with E-state index in [4.69, 9.17) is 14.2 Å². The molecule has 8 nitrogen and oxygen atoms in total. The van der Waals surface area contributed by atoms with Gasteiger partial charge in [0.1, 0.15) is 17.6 Å². The number of rotatable bonds is 4. The highest BCUT2D eigenvalue weighted by Crippen LogP contribution is 2.44. The van der Waals surface area contributed by atoms with Crippen molar-refractivity contribution in [2.45, 2.75) is 13.0 Å². The van der Waals surface area contributed by atoms with Crippen LogP contribution in [0.15, 0.2) is 66.4 Å². The van der Waals surface area contributed by atoms with Gasteiger partial charge in [0.25, 0.3) is 11.7 Å². The molecule has 3 heterocycles. The van der Waals surface area contributed by atoms with Crippen LogP contribution in [0.3, 0.4) is 0 Å². The first-order valence-corrected chi connectivity index (χ1v) is 10.3. The Labute approximate surface area is 189 Å². The number of pyridine rings is 1. The number of Topliss-reactive ketones (excluding diaryl/α,β-unsaturated/α-hetero) is 1. The summed E-state index contributed by atoms with van der Waals surface area (Å²) < 4.78 is 16.1. The highest BCUT2D eigenvalue weighted by molar-refractivity contribution is 6.51. The monoisotopic (exact) mass is 444 g/mol. The fourth-order valence-corrected chi connectivity index (χ4v) is 4.13. The SMILES string of the molecule is COc1ccc(/C(O)=C2\C(=O)C(=O)N(c3ccc4c(c3)OCO4)C2c2ccccn2)cc1C. The van der Waals surface area contributed by atoms with E-state index < -0.39 is 17.7 Å². The highest BCUT2D eigenvalue weighted by atomic mass is 16.7. The first-order valence-electron chi connectivity index (χ1n) is 10.3. The lowest BCUT2D eigenvalue weighted by Crippen LogP contribution is -2.29. The van der Waals surface area contributed by atoms with Crippen LogP contribution in [0.2, 0.25) is 0 Å². The number of aliphatic hydroxyl groups excluding tert-OH is 1. The average Bonchev–Trinajstić information content (AvgIpc) is 3.41. The van der Waals surface area contributed by atoms with Gasteiger partial charge in [-0.25, -0.2) is 0 Å². The second kappa shape index (κ2) is 7.98. The molecule has 0 saturated carbocycles. The van der Waals surface area contributed by atoms with Gasteiger partial charge in [-0.2, -0.15) is 0 Å². The first-order chi connectivity index (χ1) is 16.0. The number of amides is 1. The lowest BCUT2D eigenvalue weighted by Gasteiger charge is -2.24. The van der Waals surface area contributed by atoms with E-state index in [1.807, 2.05) is 6.92 Å². The molecule has 2 aromatic carbocycles. The molecule has 1 N–H and O–H groups in total. The number of fused-ring (bicyclic) bond motifs is 1. The number of hydrogen-bond donors (Lipinski definition) is 1. The zero-order chi connectivity index (χ0) is 23.1. The van der Waals surface area contributed by atoms with Crippen LogP contribution in [0, 0.1) is 6.92 Å². The maximum Gasteiger partial charge on any atom is 0.300 e. The lowest BCUT2D eigenvalue weighted by atomic mass is 9.97. The second-order valence-electron chi connectivity index (χ2n) is 7.65. The molecule has 1 fully saturated rings. The lowest BCUT2D eigenvalue weighted by molar-refractivity contribution is -0.132. The Bertz CT molecular complexity index is 1300. The van der Waals surface area contributed by atoms with Crippen LogP contribution >= 0.6 is 0 Å². The number of benzene rings is 2. The normalized spacial score (nSPS) is 18.6. The fourth-order valence-electron chi connectivity index (χ4n) is 4.13. The molecule has 1 saturated heterocycles. The topological polar surface area (TPSA) is 98.2 Å². The Hall–Kier alpha value is -4.33. The van der Waals surface area contributed by atoms with E-state index in [-0.39, 0.29) is 18.1 Å². The molecule has 3 aromatic rings. The molecule has 166 valence electrons. The molecule has 5 rings (SSSR count). The number of methoxy groups -OCH3 is 1. The Kier molecular flexibility index (Phi) is 4.97. The minimum absolute atomic E-state index is 0.0408. The average molecular weight is 444 g/mol. The van der Waals surface area contributed by atoms with Gasteiger partial charge in [0, 0.05) is 23.5 Å². The maximum atomic E-state index is 13.2. The van der Waals surface area contributed by atoms with Crippen molar-refractivity contribution < 1.29 is 28.9 Å². The summed E-state index contributed by atoms with van der Waals surface area (Å²) in [5.41, 5.74) is 2.02. The summed E-state index contributed by atoms with van der Waals surface area (Å²) in [5.74, 6) is -0.171. The van der Waals surface area contributed by atoms with E-state index in [0.717, 1.165) is 5.56 Å². The Morgan fingerprint density at radius 1 is 1.09 bits per heavy atom. The molecule has 0 aliphatic carbocycles. The molecule has 33 heavy (non-hydrogen) atoms. The Morgan fingerprint density at radius 2 is 1.91 bits per heavy atom. The number of aromatic nitrogens is 1. The van der Waals surface area contributed by atoms with Gasteiger partial charge < -0.3 is 19.3 Å². The van der Waals surface area contributed by atoms with Gasteiger partial charge in [0.2, 0.25) is 6.79 Å². The Balaban J connectivity index is 1.69. The Morgan fingerprint density at radius 3 is 2.64 bits per heavy atom. The number of aliphatic hydroxyl groups is 1. The van der Waals surface area contributed by atoms with Crippen LogP contribution in [0.4, 0.5) is 5.69 Å². The van der Waals surface area contributed by atoms with E-state index >= 15 is 0 Å². The number of aryl methyl sites for hydroxylation is 1. The number of ketones is 1. The van der Waals surface area contributed by atoms with Crippen LogP contribution in [-0.2, 0) is 9.59 Å². The van der Waals surface area contributed by atoms with Gasteiger partial charge in [0.05, 0.1) is 18.4 Å². The second-order valence-corrected chi connectivity index (χ2v) is 7.65. The van der Waals surface area contributed by atoms with Crippen LogP contribution in [-0.4, -0.2) is 35.7 Å². The zero-order valence-corrected chi connectivity index (χ0v) is 17.9. The summed E-state index contributed by atoms with van der Waals surface area (Å²) in [6, 6.07) is 14.3. The third-order valence-corrected chi connectivity index (χ3v) is 5.71. The van der Waals surface area contributed by atoms with Gasteiger partial charge in [-0.3, -0.25) is 19.5 Å². The first kappa shape index (κ1) is 20.6. The van der Waals surface area contributed by atoms with Gasteiger partial charge in [0.15, 0.2) is 11.5 Å². The molecule has 0 spiro atoms. The standard InChI is InChI=1S/C25H20N2O6/c1-14-11-15(6-8-18(14)31-2)23(28)21-22(17-5-3-4-10-26-17)27(25(30)24(21)29)16-7-9-19-20(12-16)33-13-32-19/h3-12,22,28H,13H2,1-2H3/b23-21+. The molecule has 1 atom stereocenters. The number of anilines is 1. The number of carbonyl (C=O) groups excluding carboxylic acids is 2. The van der Waals surface area contributed by atoms with Crippen molar-refractivity contribution in [2.75, 3.05) is 18.8 Å². The smallest absolute Gasteiger partial charge is 0.300 e. The molecule has 0 bridgehead atoms. The largest absolute Gasteiger partial charge is 0.507 e. The zero-order valence-electron chi connectivity index (χ0n) is 17.9. The molecular weight excluding hydrogens is 424 g/mol. The van der Waals surface area contributed by atoms with Crippen molar-refractivity contribution >= 4 is 23.1 Å². The molecule has 1 amide bonds. The predicted octanol–water partition coefficient (Wildman–Crippen LogP) is 3.75. The van der Waals surface area contributed by atoms with E-state index in [0.29, 0.717) is 34.2 Å². The van der Waals surface area contributed by atoms with Gasteiger partial charge in [-0.05, 0) is 55.0 Å². The summed E-state index contributed by atoms with van der Waals surface area (Å²) >= 11 is 0. The van der Waals surface area contributed by atoms with Crippen molar-refractivity contribution in [3.05, 3.63) is 83.2 Å². The number of nitrogens with zero attached hydrogens (tertiary/aromatic N) is 2. The van der Waals surface area contributed by atoms with Crippen molar-refractivity contribution in [3.63, 3.8) is 0 Å². The molecular formula is C25H20N2O6. The van der Waals surface area contributed by atoms with Gasteiger partial charge in [-0.15, -0.1) is 0 Å². The van der Waals surface area contributed by atoms with Crippen molar-refractivity contribution in [2.24, 2.45) is 0 Å².